The van der Waals surface area contributed by atoms with Gasteiger partial charge in [-0.05, 0) is 48.9 Å². The SMILES string of the molecule is Cc1cc(Sc2cccc(N)c2)ccc1Cl. The van der Waals surface area contributed by atoms with Gasteiger partial charge < -0.3 is 5.73 Å². The highest BCUT2D eigenvalue weighted by atomic mass is 35.5. The lowest BCUT2D eigenvalue weighted by atomic mass is 10.2. The third-order valence-electron chi connectivity index (χ3n) is 2.22. The second kappa shape index (κ2) is 4.81. The van der Waals surface area contributed by atoms with E-state index >= 15 is 0 Å². The summed E-state index contributed by atoms with van der Waals surface area (Å²) in [5, 5.41) is 0.803. The summed E-state index contributed by atoms with van der Waals surface area (Å²) in [5.41, 5.74) is 7.61. The van der Waals surface area contributed by atoms with E-state index in [2.05, 4.69) is 6.07 Å². The summed E-state index contributed by atoms with van der Waals surface area (Å²) >= 11 is 7.67. The van der Waals surface area contributed by atoms with Crippen LogP contribution in [0.15, 0.2) is 52.3 Å². The lowest BCUT2D eigenvalue weighted by Crippen LogP contribution is -1.83. The van der Waals surface area contributed by atoms with Crippen molar-refractivity contribution in [1.82, 2.24) is 0 Å². The third kappa shape index (κ3) is 2.71. The summed E-state index contributed by atoms with van der Waals surface area (Å²) in [6, 6.07) is 13.9. The van der Waals surface area contributed by atoms with Crippen molar-refractivity contribution >= 4 is 29.1 Å². The van der Waals surface area contributed by atoms with E-state index < -0.39 is 0 Å². The first kappa shape index (κ1) is 11.4. The third-order valence-corrected chi connectivity index (χ3v) is 3.63. The first-order chi connectivity index (χ1) is 7.65. The molecule has 0 saturated carbocycles. The number of benzene rings is 2. The molecule has 0 aromatic heterocycles. The van der Waals surface area contributed by atoms with Crippen LogP contribution in [0.2, 0.25) is 5.02 Å². The first-order valence-electron chi connectivity index (χ1n) is 4.95. The summed E-state index contributed by atoms with van der Waals surface area (Å²) in [6.07, 6.45) is 0. The monoisotopic (exact) mass is 249 g/mol. The van der Waals surface area contributed by atoms with Crippen LogP contribution in [0.3, 0.4) is 0 Å². The predicted octanol–water partition coefficient (Wildman–Crippen LogP) is 4.38. The lowest BCUT2D eigenvalue weighted by Gasteiger charge is -2.04. The number of nitrogens with two attached hydrogens (primary N) is 1. The summed E-state index contributed by atoms with van der Waals surface area (Å²) < 4.78 is 0. The van der Waals surface area contributed by atoms with Crippen LogP contribution in [-0.4, -0.2) is 0 Å². The fraction of sp³-hybridized carbons (Fsp3) is 0.0769. The van der Waals surface area contributed by atoms with E-state index in [-0.39, 0.29) is 0 Å². The second-order valence-electron chi connectivity index (χ2n) is 3.59. The molecular formula is C13H12ClNS. The Kier molecular flexibility index (Phi) is 3.42. The maximum atomic E-state index is 5.98. The molecule has 0 bridgehead atoms. The van der Waals surface area contributed by atoms with Gasteiger partial charge in [0.25, 0.3) is 0 Å². The molecule has 0 aliphatic rings. The number of rotatable bonds is 2. The predicted molar refractivity (Wildman–Crippen MR) is 71.2 cm³/mol. The zero-order chi connectivity index (χ0) is 11.5. The number of nitrogen functional groups attached to an aromatic ring is 1. The minimum absolute atomic E-state index is 0.788. The van der Waals surface area contributed by atoms with E-state index in [1.165, 1.54) is 4.90 Å². The molecular weight excluding hydrogens is 238 g/mol. The second-order valence-corrected chi connectivity index (χ2v) is 5.14. The molecule has 1 nitrogen and oxygen atoms in total. The highest BCUT2D eigenvalue weighted by Crippen LogP contribution is 2.30. The number of halogens is 1. The van der Waals surface area contributed by atoms with Crippen LogP contribution in [0.5, 0.6) is 0 Å². The molecule has 2 aromatic carbocycles. The van der Waals surface area contributed by atoms with Crippen LogP contribution < -0.4 is 5.73 Å². The Hall–Kier alpha value is -1.12. The zero-order valence-electron chi connectivity index (χ0n) is 8.91. The van der Waals surface area contributed by atoms with Crippen LogP contribution in [0, 0.1) is 6.92 Å². The van der Waals surface area contributed by atoms with Crippen LogP contribution in [-0.2, 0) is 0 Å². The van der Waals surface area contributed by atoms with Gasteiger partial charge in [-0.2, -0.15) is 0 Å². The van der Waals surface area contributed by atoms with Crippen molar-refractivity contribution in [1.29, 1.82) is 0 Å². The van der Waals surface area contributed by atoms with Crippen LogP contribution in [0.1, 0.15) is 5.56 Å². The maximum absolute atomic E-state index is 5.98. The zero-order valence-corrected chi connectivity index (χ0v) is 10.5. The standard InChI is InChI=1S/C13H12ClNS/c1-9-7-12(5-6-13(9)14)16-11-4-2-3-10(15)8-11/h2-8H,15H2,1H3. The molecule has 0 aliphatic heterocycles. The van der Waals surface area contributed by atoms with Gasteiger partial charge in [0.1, 0.15) is 0 Å². The Morgan fingerprint density at radius 2 is 1.81 bits per heavy atom. The summed E-state index contributed by atoms with van der Waals surface area (Å²) in [6.45, 7) is 2.01. The summed E-state index contributed by atoms with van der Waals surface area (Å²) in [7, 11) is 0. The van der Waals surface area contributed by atoms with E-state index in [4.69, 9.17) is 17.3 Å². The minimum Gasteiger partial charge on any atom is -0.399 e. The number of hydrogen-bond acceptors (Lipinski definition) is 2. The molecule has 0 heterocycles. The van der Waals surface area contributed by atoms with Crippen molar-refractivity contribution in [3.63, 3.8) is 0 Å². The van der Waals surface area contributed by atoms with Crippen molar-refractivity contribution in [3.8, 4) is 0 Å². The molecule has 0 radical (unpaired) electrons. The average Bonchev–Trinajstić information content (AvgIpc) is 2.24. The van der Waals surface area contributed by atoms with E-state index in [9.17, 15) is 0 Å². The van der Waals surface area contributed by atoms with Gasteiger partial charge in [0.2, 0.25) is 0 Å². The molecule has 0 saturated heterocycles. The maximum Gasteiger partial charge on any atom is 0.0435 e. The van der Waals surface area contributed by atoms with Crippen molar-refractivity contribution < 1.29 is 0 Å². The van der Waals surface area contributed by atoms with Gasteiger partial charge in [-0.15, -0.1) is 0 Å². The van der Waals surface area contributed by atoms with Gasteiger partial charge in [0, 0.05) is 20.5 Å². The van der Waals surface area contributed by atoms with Gasteiger partial charge >= 0.3 is 0 Å². The highest BCUT2D eigenvalue weighted by molar-refractivity contribution is 7.99. The van der Waals surface area contributed by atoms with Crippen molar-refractivity contribution in [2.24, 2.45) is 0 Å². The van der Waals surface area contributed by atoms with Crippen LogP contribution >= 0.6 is 23.4 Å². The van der Waals surface area contributed by atoms with E-state index in [0.29, 0.717) is 0 Å². The van der Waals surface area contributed by atoms with E-state index in [1.807, 2.05) is 43.3 Å². The fourth-order valence-corrected chi connectivity index (χ4v) is 2.50. The van der Waals surface area contributed by atoms with Crippen molar-refractivity contribution in [3.05, 3.63) is 53.1 Å². The molecule has 3 heteroatoms. The van der Waals surface area contributed by atoms with E-state index in [1.54, 1.807) is 11.8 Å². The lowest BCUT2D eigenvalue weighted by molar-refractivity contribution is 1.35. The molecule has 0 amide bonds. The van der Waals surface area contributed by atoms with Crippen LogP contribution in [0.25, 0.3) is 0 Å². The van der Waals surface area contributed by atoms with Gasteiger partial charge in [0.05, 0.1) is 0 Å². The molecule has 0 unspecified atom stereocenters. The molecule has 2 rings (SSSR count). The Labute approximate surface area is 105 Å². The highest BCUT2D eigenvalue weighted by Gasteiger charge is 2.00. The molecule has 0 aliphatic carbocycles. The van der Waals surface area contributed by atoms with Gasteiger partial charge in [0.15, 0.2) is 0 Å². The summed E-state index contributed by atoms with van der Waals surface area (Å²) in [4.78, 5) is 2.31. The Morgan fingerprint density at radius 1 is 1.06 bits per heavy atom. The average molecular weight is 250 g/mol. The number of anilines is 1. The Balaban J connectivity index is 2.24. The molecule has 0 atom stereocenters. The molecule has 16 heavy (non-hydrogen) atoms. The molecule has 0 spiro atoms. The van der Waals surface area contributed by atoms with Crippen molar-refractivity contribution in [2.45, 2.75) is 16.7 Å². The summed E-state index contributed by atoms with van der Waals surface area (Å²) in [5.74, 6) is 0. The fourth-order valence-electron chi connectivity index (χ4n) is 1.39. The topological polar surface area (TPSA) is 26.0 Å². The minimum atomic E-state index is 0.788. The largest absolute Gasteiger partial charge is 0.399 e. The molecule has 82 valence electrons. The normalized spacial score (nSPS) is 10.4. The van der Waals surface area contributed by atoms with Gasteiger partial charge in [-0.1, -0.05) is 29.4 Å². The smallest absolute Gasteiger partial charge is 0.0435 e. The number of aryl methyl sites for hydroxylation is 1. The molecule has 2 aromatic rings. The van der Waals surface area contributed by atoms with Crippen molar-refractivity contribution in [2.75, 3.05) is 5.73 Å². The molecule has 2 N–H and O–H groups in total. The molecule has 0 fully saturated rings. The van der Waals surface area contributed by atoms with Gasteiger partial charge in [-0.25, -0.2) is 0 Å². The number of hydrogen-bond donors (Lipinski definition) is 1. The Morgan fingerprint density at radius 3 is 2.50 bits per heavy atom. The van der Waals surface area contributed by atoms with Gasteiger partial charge in [-0.3, -0.25) is 0 Å². The van der Waals surface area contributed by atoms with E-state index in [0.717, 1.165) is 21.2 Å². The first-order valence-corrected chi connectivity index (χ1v) is 6.14. The van der Waals surface area contributed by atoms with Crippen LogP contribution in [0.4, 0.5) is 5.69 Å². The Bertz CT molecular complexity index is 511. The quantitative estimate of drug-likeness (QED) is 0.800.